The Morgan fingerprint density at radius 3 is 2.44 bits per heavy atom. The summed E-state index contributed by atoms with van der Waals surface area (Å²) in [5.41, 5.74) is 23.2. The molecule has 2 heterocycles. The van der Waals surface area contributed by atoms with Crippen LogP contribution in [0.2, 0.25) is 0 Å². The number of methoxy groups -OCH3 is 1. The van der Waals surface area contributed by atoms with Crippen LogP contribution < -0.4 is 26.7 Å². The van der Waals surface area contributed by atoms with E-state index >= 15 is 0 Å². The van der Waals surface area contributed by atoms with Gasteiger partial charge in [-0.3, -0.25) is 14.6 Å². The molecule has 2 aromatic carbocycles. The number of hydrogen-bond donors (Lipinski definition) is 3. The summed E-state index contributed by atoms with van der Waals surface area (Å²) < 4.78 is 11.7. The van der Waals surface area contributed by atoms with Crippen molar-refractivity contribution in [2.75, 3.05) is 19.5 Å². The molecule has 1 unspecified atom stereocenters. The molecule has 2 amide bonds. The van der Waals surface area contributed by atoms with Gasteiger partial charge in [-0.1, -0.05) is 38.5 Å². The molecular formula is C32H41N5O4. The highest BCUT2D eigenvalue weighted by molar-refractivity contribution is 5.89. The van der Waals surface area contributed by atoms with Crippen molar-refractivity contribution < 1.29 is 19.1 Å². The summed E-state index contributed by atoms with van der Waals surface area (Å²) in [6.45, 7) is 5.15. The molecule has 0 saturated heterocycles. The standard InChI is InChI=1S/C30H35N3O2.2CH3NO/c1-4-6-20-7-5-8-22(13-20)29-30-26(19(2)18-35-30)16-25(33-29)10-9-21-14-23(17-32-24-11-12-24)28(31)27(15-21)34-3;2*2-1-3/h5,7-8,13-17,19,24H,4,6,9-12,18,31H2,1-3H3;2*1H,(H2,2,3). The summed E-state index contributed by atoms with van der Waals surface area (Å²) in [5, 5.41) is 0. The minimum absolute atomic E-state index is 0.250. The third-order valence-electron chi connectivity index (χ3n) is 6.90. The van der Waals surface area contributed by atoms with Gasteiger partial charge in [-0.05, 0) is 67.5 Å². The number of aryl methyl sites for hydroxylation is 3. The molecule has 1 fully saturated rings. The predicted octanol–water partition coefficient (Wildman–Crippen LogP) is 4.36. The van der Waals surface area contributed by atoms with Crippen molar-refractivity contribution in [3.05, 3.63) is 70.4 Å². The molecule has 9 nitrogen and oxygen atoms in total. The van der Waals surface area contributed by atoms with E-state index in [9.17, 15) is 0 Å². The zero-order chi connectivity index (χ0) is 29.8. The van der Waals surface area contributed by atoms with Crippen molar-refractivity contribution in [3.8, 4) is 22.8 Å². The Bertz CT molecular complexity index is 1350. The van der Waals surface area contributed by atoms with Crippen LogP contribution in [-0.4, -0.2) is 43.8 Å². The van der Waals surface area contributed by atoms with E-state index in [0.717, 1.165) is 53.9 Å². The lowest BCUT2D eigenvalue weighted by Gasteiger charge is -2.13. The Labute approximate surface area is 242 Å². The summed E-state index contributed by atoms with van der Waals surface area (Å²) in [4.78, 5) is 26.9. The first-order valence-corrected chi connectivity index (χ1v) is 13.9. The van der Waals surface area contributed by atoms with Gasteiger partial charge in [0.25, 0.3) is 0 Å². The van der Waals surface area contributed by atoms with Crippen LogP contribution in [0.15, 0.2) is 47.5 Å². The van der Waals surface area contributed by atoms with Gasteiger partial charge in [0.15, 0.2) is 0 Å². The number of nitrogen functional groups attached to an aromatic ring is 1. The van der Waals surface area contributed by atoms with Gasteiger partial charge in [0.2, 0.25) is 12.8 Å². The number of carbonyl (C=O) groups excluding carboxylic acids is 2. The van der Waals surface area contributed by atoms with Crippen LogP contribution >= 0.6 is 0 Å². The number of benzene rings is 2. The zero-order valence-electron chi connectivity index (χ0n) is 24.1. The number of amides is 2. The van der Waals surface area contributed by atoms with Crippen molar-refractivity contribution in [2.24, 2.45) is 16.5 Å². The fourth-order valence-corrected chi connectivity index (χ4v) is 4.72. The van der Waals surface area contributed by atoms with E-state index in [0.29, 0.717) is 30.0 Å². The van der Waals surface area contributed by atoms with Crippen LogP contribution in [0.25, 0.3) is 11.3 Å². The smallest absolute Gasteiger partial charge is 0.204 e. The molecule has 0 spiro atoms. The topological polar surface area (TPSA) is 156 Å². The summed E-state index contributed by atoms with van der Waals surface area (Å²) in [6.07, 6.45) is 8.61. The number of nitrogens with two attached hydrogens (primary N) is 3. The summed E-state index contributed by atoms with van der Waals surface area (Å²) in [7, 11) is 1.67. The number of aromatic nitrogens is 1. The Balaban J connectivity index is 0.000000710. The Morgan fingerprint density at radius 2 is 1.78 bits per heavy atom. The van der Waals surface area contributed by atoms with E-state index in [2.05, 4.69) is 66.7 Å². The van der Waals surface area contributed by atoms with Crippen LogP contribution in [-0.2, 0) is 28.9 Å². The number of aliphatic imine (C=N–C) groups is 1. The average Bonchev–Trinajstić information content (AvgIpc) is 3.73. The highest BCUT2D eigenvalue weighted by Gasteiger charge is 2.26. The van der Waals surface area contributed by atoms with Gasteiger partial charge >= 0.3 is 0 Å². The summed E-state index contributed by atoms with van der Waals surface area (Å²) in [5.74, 6) is 2.02. The summed E-state index contributed by atoms with van der Waals surface area (Å²) >= 11 is 0. The van der Waals surface area contributed by atoms with Crippen molar-refractivity contribution in [2.45, 2.75) is 64.3 Å². The molecule has 5 rings (SSSR count). The fraction of sp³-hybridized carbons (Fsp3) is 0.375. The molecule has 41 heavy (non-hydrogen) atoms. The lowest BCUT2D eigenvalue weighted by atomic mass is 9.97. The van der Waals surface area contributed by atoms with Crippen LogP contribution in [0.1, 0.15) is 67.0 Å². The van der Waals surface area contributed by atoms with Crippen LogP contribution in [0.5, 0.6) is 11.5 Å². The molecule has 1 saturated carbocycles. The molecule has 2 aliphatic rings. The zero-order valence-corrected chi connectivity index (χ0v) is 24.1. The Hall–Kier alpha value is -4.40. The van der Waals surface area contributed by atoms with Crippen molar-refractivity contribution >= 4 is 24.7 Å². The molecule has 1 aromatic heterocycles. The lowest BCUT2D eigenvalue weighted by Crippen LogP contribution is -2.03. The first-order valence-electron chi connectivity index (χ1n) is 13.9. The number of fused-ring (bicyclic) bond motifs is 1. The number of hydrogen-bond acceptors (Lipinski definition) is 7. The van der Waals surface area contributed by atoms with Gasteiger partial charge in [0.1, 0.15) is 17.2 Å². The maximum absolute atomic E-state index is 8.58. The largest absolute Gasteiger partial charge is 0.495 e. The summed E-state index contributed by atoms with van der Waals surface area (Å²) in [6, 6.07) is 15.6. The second-order valence-corrected chi connectivity index (χ2v) is 10.1. The molecule has 1 atom stereocenters. The van der Waals surface area contributed by atoms with E-state index in [1.54, 1.807) is 7.11 Å². The Kier molecular flexibility index (Phi) is 11.7. The van der Waals surface area contributed by atoms with Gasteiger partial charge in [-0.15, -0.1) is 0 Å². The number of pyridine rings is 1. The lowest BCUT2D eigenvalue weighted by molar-refractivity contribution is -0.107. The van der Waals surface area contributed by atoms with E-state index < -0.39 is 0 Å². The molecule has 6 N–H and O–H groups in total. The fourth-order valence-electron chi connectivity index (χ4n) is 4.72. The molecule has 1 aliphatic heterocycles. The number of primary amides is 2. The van der Waals surface area contributed by atoms with Crippen LogP contribution in [0.3, 0.4) is 0 Å². The van der Waals surface area contributed by atoms with E-state index in [4.69, 9.17) is 29.8 Å². The first kappa shape index (κ1) is 31.1. The molecule has 0 radical (unpaired) electrons. The number of ether oxygens (including phenoxy) is 2. The molecule has 0 bridgehead atoms. The first-order chi connectivity index (χ1) is 19.9. The quantitative estimate of drug-likeness (QED) is 0.201. The number of anilines is 1. The van der Waals surface area contributed by atoms with Gasteiger partial charge in [-0.25, -0.2) is 4.98 Å². The third kappa shape index (κ3) is 8.54. The van der Waals surface area contributed by atoms with E-state index in [-0.39, 0.29) is 12.8 Å². The normalized spacial score (nSPS) is 15.0. The maximum Gasteiger partial charge on any atom is 0.204 e. The average molecular weight is 560 g/mol. The number of carbonyl (C=O) groups is 2. The van der Waals surface area contributed by atoms with Crippen molar-refractivity contribution in [3.63, 3.8) is 0 Å². The Morgan fingerprint density at radius 1 is 1.05 bits per heavy atom. The van der Waals surface area contributed by atoms with Crippen LogP contribution in [0, 0.1) is 0 Å². The highest BCUT2D eigenvalue weighted by Crippen LogP contribution is 2.41. The molecule has 9 heteroatoms. The SMILES string of the molecule is CCCc1cccc(-c2nc(CCc3cc(C=NC4CC4)c(N)c(OC)c3)cc3c2OCC3C)c1.NC=O.NC=O. The van der Waals surface area contributed by atoms with Crippen LogP contribution in [0.4, 0.5) is 5.69 Å². The molecule has 218 valence electrons. The van der Waals surface area contributed by atoms with Gasteiger partial charge < -0.3 is 26.7 Å². The van der Waals surface area contributed by atoms with Gasteiger partial charge in [0.05, 0.1) is 25.4 Å². The molecule has 3 aromatic rings. The van der Waals surface area contributed by atoms with E-state index in [1.807, 2.05) is 12.3 Å². The second-order valence-electron chi connectivity index (χ2n) is 10.1. The van der Waals surface area contributed by atoms with Gasteiger partial charge in [-0.2, -0.15) is 0 Å². The monoisotopic (exact) mass is 559 g/mol. The van der Waals surface area contributed by atoms with Crippen molar-refractivity contribution in [1.82, 2.24) is 4.98 Å². The van der Waals surface area contributed by atoms with Crippen molar-refractivity contribution in [1.29, 1.82) is 0 Å². The van der Waals surface area contributed by atoms with Gasteiger partial charge in [0, 0.05) is 34.5 Å². The molecular weight excluding hydrogens is 518 g/mol. The van der Waals surface area contributed by atoms with E-state index in [1.165, 1.54) is 29.5 Å². The predicted molar refractivity (Wildman–Crippen MR) is 164 cm³/mol. The second kappa shape index (κ2) is 15.4. The highest BCUT2D eigenvalue weighted by atomic mass is 16.5. The minimum Gasteiger partial charge on any atom is -0.495 e. The number of nitrogens with zero attached hydrogens (tertiary/aromatic N) is 2. The maximum atomic E-state index is 8.58. The minimum atomic E-state index is 0.250. The third-order valence-corrected chi connectivity index (χ3v) is 6.90. The number of rotatable bonds is 9. The molecule has 1 aliphatic carbocycles.